The van der Waals surface area contributed by atoms with E-state index in [0.717, 1.165) is 69.4 Å². The van der Waals surface area contributed by atoms with Gasteiger partial charge in [-0.2, -0.15) is 0 Å². The van der Waals surface area contributed by atoms with Gasteiger partial charge in [0.15, 0.2) is 0 Å². The van der Waals surface area contributed by atoms with E-state index in [1.54, 1.807) is 6.11 Å². The third-order valence-electron chi connectivity index (χ3n) is 9.42. The Morgan fingerprint density at radius 3 is 1.67 bits per heavy atom. The van der Waals surface area contributed by atoms with Crippen LogP contribution < -0.4 is 0 Å². The number of ether oxygens (including phenoxy) is 2. The molecule has 268 valence electrons. The van der Waals surface area contributed by atoms with Crippen molar-refractivity contribution in [2.45, 2.75) is 138 Å². The highest BCUT2D eigenvalue weighted by Crippen LogP contribution is 2.29. The molecule has 1 heterocycles. The van der Waals surface area contributed by atoms with Crippen molar-refractivity contribution in [2.75, 3.05) is 26.4 Å². The fraction of sp³-hybridized carbons (Fsp3) is 0.727. The smallest absolute Gasteiger partial charge is 0.122 e. The molecule has 7 atom stereocenters. The molecule has 0 aromatic carbocycles. The molecule has 0 radical (unpaired) electrons. The molecule has 0 saturated carbocycles. The summed E-state index contributed by atoms with van der Waals surface area (Å²) in [5, 5.41) is 7.76. The Balaban J connectivity index is 0. The van der Waals surface area contributed by atoms with Gasteiger partial charge in [-0.1, -0.05) is 79.6 Å². The lowest BCUT2D eigenvalue weighted by Crippen LogP contribution is -2.14. The van der Waals surface area contributed by atoms with Gasteiger partial charge in [0, 0.05) is 44.2 Å². The van der Waals surface area contributed by atoms with Gasteiger partial charge in [-0.25, -0.2) is 0 Å². The predicted octanol–water partition coefficient (Wildman–Crippen LogP) is 9.09. The summed E-state index contributed by atoms with van der Waals surface area (Å²) in [6.07, 6.45) is 30.2. The van der Waals surface area contributed by atoms with Gasteiger partial charge >= 0.3 is 0 Å². The van der Waals surface area contributed by atoms with E-state index in [-0.39, 0.29) is 5.48 Å². The molecule has 0 bridgehead atoms. The van der Waals surface area contributed by atoms with Gasteiger partial charge in [0.2, 0.25) is 0 Å². The Labute approximate surface area is 297 Å². The molecule has 0 amide bonds. The van der Waals surface area contributed by atoms with Crippen LogP contribution in [0.15, 0.2) is 0 Å². The van der Waals surface area contributed by atoms with Crippen molar-refractivity contribution in [2.24, 2.45) is 41.4 Å². The van der Waals surface area contributed by atoms with Gasteiger partial charge in [0.25, 0.3) is 0 Å². The number of aliphatic hydroxyl groups is 1. The van der Waals surface area contributed by atoms with Crippen molar-refractivity contribution in [1.82, 2.24) is 0 Å². The highest BCUT2D eigenvalue weighted by Gasteiger charge is 2.19. The van der Waals surface area contributed by atoms with E-state index in [1.807, 2.05) is 5.92 Å². The Morgan fingerprint density at radius 1 is 0.542 bits per heavy atom. The van der Waals surface area contributed by atoms with Crippen LogP contribution in [0.4, 0.5) is 0 Å². The second-order valence-corrected chi connectivity index (χ2v) is 13.9. The Hall–Kier alpha value is -2.96. The molecule has 3 N–H and O–H groups in total. The van der Waals surface area contributed by atoms with Crippen LogP contribution >= 0.6 is 0 Å². The molecule has 0 spiro atoms. The molecule has 4 nitrogen and oxygen atoms in total. The normalized spacial score (nSPS) is 27.0. The van der Waals surface area contributed by atoms with Gasteiger partial charge < -0.3 is 20.1 Å². The minimum atomic E-state index is 0. The quantitative estimate of drug-likeness (QED) is 0.301. The first-order valence-electron chi connectivity index (χ1n) is 18.5. The number of aliphatic hydroxyl groups excluding tert-OH is 1. The first-order valence-corrected chi connectivity index (χ1v) is 18.5. The summed E-state index contributed by atoms with van der Waals surface area (Å²) in [4.78, 5) is 0. The van der Waals surface area contributed by atoms with Crippen molar-refractivity contribution in [3.05, 3.63) is 0 Å². The van der Waals surface area contributed by atoms with Crippen molar-refractivity contribution in [3.63, 3.8) is 0 Å². The summed E-state index contributed by atoms with van der Waals surface area (Å²) in [5.41, 5.74) is 0. The van der Waals surface area contributed by atoms with Crippen LogP contribution in [0.5, 0.6) is 0 Å². The Bertz CT molecular complexity index is 1110. The molecular weight excluding hydrogens is 592 g/mol. The van der Waals surface area contributed by atoms with Gasteiger partial charge in [0.05, 0.1) is 0 Å². The molecule has 48 heavy (non-hydrogen) atoms. The Morgan fingerprint density at radius 2 is 1.06 bits per heavy atom. The van der Waals surface area contributed by atoms with E-state index >= 15 is 0 Å². The molecule has 0 aromatic heterocycles. The summed E-state index contributed by atoms with van der Waals surface area (Å²) >= 11 is 0. The number of terminal acetylenes is 2. The lowest BCUT2D eigenvalue weighted by atomic mass is 9.82. The fourth-order valence-corrected chi connectivity index (χ4v) is 6.77. The zero-order chi connectivity index (χ0) is 35.0. The van der Waals surface area contributed by atoms with E-state index in [1.165, 1.54) is 77.0 Å². The standard InChI is InChI=1S/C38H64O2.C6H2O.H2O/c1-8-11-12-13-19-38-30-35(7)29-33(5)18-15-24-39-26-22-34(6)28-32(4)17-14-20-36(9-2)23-27-40-25-16-21-37(10-3)31-38;1-2-3-4-5-6-7;/h1,32-38H,9-10,14-18,20-31H2,2-7H3;1,7H;1H2. The molecule has 1 saturated heterocycles. The van der Waals surface area contributed by atoms with Gasteiger partial charge in [-0.15, -0.1) is 12.8 Å². The second-order valence-electron chi connectivity index (χ2n) is 13.9. The van der Waals surface area contributed by atoms with E-state index in [9.17, 15) is 0 Å². The van der Waals surface area contributed by atoms with E-state index < -0.39 is 0 Å². The predicted molar refractivity (Wildman–Crippen MR) is 204 cm³/mol. The van der Waals surface area contributed by atoms with Crippen molar-refractivity contribution < 1.29 is 20.1 Å². The third kappa shape index (κ3) is 29.2. The highest BCUT2D eigenvalue weighted by atomic mass is 16.5. The molecule has 1 fully saturated rings. The first kappa shape index (κ1) is 47.2. The lowest BCUT2D eigenvalue weighted by molar-refractivity contribution is 0.108. The van der Waals surface area contributed by atoms with Crippen LogP contribution in [0.3, 0.4) is 0 Å². The summed E-state index contributed by atoms with van der Waals surface area (Å²) in [6, 6.07) is 0. The average molecular weight is 661 g/mol. The minimum Gasteiger partial charge on any atom is -0.461 e. The average Bonchev–Trinajstić information content (AvgIpc) is 3.04. The van der Waals surface area contributed by atoms with Crippen LogP contribution in [0.25, 0.3) is 0 Å². The summed E-state index contributed by atoms with van der Waals surface area (Å²) < 4.78 is 12.2. The van der Waals surface area contributed by atoms with E-state index in [0.29, 0.717) is 17.8 Å². The summed E-state index contributed by atoms with van der Waals surface area (Å²) in [6.45, 7) is 18.0. The SMILES string of the molecule is C#CC#CC#CC1CC(C)CC(C)CCCOCCC(C)CC(C)CCCC(CC)CCOCCCC(CC)C1.C#CC#CC#CO.O. The van der Waals surface area contributed by atoms with Gasteiger partial charge in [0.1, 0.15) is 6.11 Å². The van der Waals surface area contributed by atoms with Crippen molar-refractivity contribution in [1.29, 1.82) is 0 Å². The van der Waals surface area contributed by atoms with Crippen molar-refractivity contribution >= 4 is 0 Å². The van der Waals surface area contributed by atoms with Gasteiger partial charge in [-0.3, -0.25) is 0 Å². The summed E-state index contributed by atoms with van der Waals surface area (Å²) in [7, 11) is 0. The van der Waals surface area contributed by atoms with Crippen LogP contribution in [-0.4, -0.2) is 37.0 Å². The molecule has 1 rings (SSSR count). The lowest BCUT2D eigenvalue weighted by Gasteiger charge is -2.24. The van der Waals surface area contributed by atoms with Crippen LogP contribution in [-0.2, 0) is 9.47 Å². The maximum atomic E-state index is 7.76. The molecule has 1 aliphatic heterocycles. The maximum Gasteiger partial charge on any atom is 0.122 e. The van der Waals surface area contributed by atoms with Crippen LogP contribution in [0, 0.1) is 114 Å². The minimum absolute atomic E-state index is 0. The molecule has 4 heteroatoms. The molecular formula is C44H68O4. The second kappa shape index (κ2) is 33.9. The number of rotatable bonds is 2. The first-order chi connectivity index (χ1) is 22.8. The molecule has 0 aliphatic carbocycles. The third-order valence-corrected chi connectivity index (χ3v) is 9.42. The highest BCUT2D eigenvalue weighted by molar-refractivity contribution is 5.34. The summed E-state index contributed by atoms with van der Waals surface area (Å²) in [5.74, 6) is 27.7. The largest absolute Gasteiger partial charge is 0.461 e. The molecule has 7 unspecified atom stereocenters. The Kier molecular flexibility index (Phi) is 33.3. The van der Waals surface area contributed by atoms with Crippen LogP contribution in [0.1, 0.15) is 138 Å². The van der Waals surface area contributed by atoms with E-state index in [4.69, 9.17) is 27.4 Å². The maximum absolute atomic E-state index is 7.76. The zero-order valence-corrected chi connectivity index (χ0v) is 31.4. The van der Waals surface area contributed by atoms with E-state index in [2.05, 4.69) is 88.9 Å². The van der Waals surface area contributed by atoms with Crippen molar-refractivity contribution in [3.8, 4) is 72.2 Å². The number of hydrogen-bond acceptors (Lipinski definition) is 3. The topological polar surface area (TPSA) is 70.2 Å². The fourth-order valence-electron chi connectivity index (χ4n) is 6.77. The number of hydrogen-bond donors (Lipinski definition) is 1. The van der Waals surface area contributed by atoms with Gasteiger partial charge in [-0.05, 0) is 135 Å². The monoisotopic (exact) mass is 661 g/mol. The van der Waals surface area contributed by atoms with Crippen LogP contribution in [0.2, 0.25) is 0 Å². The molecule has 0 aromatic rings. The molecule has 1 aliphatic rings. The zero-order valence-electron chi connectivity index (χ0n) is 31.4.